The fraction of sp³-hybridized carbons (Fsp3) is 0.500. The Morgan fingerprint density at radius 2 is 2.14 bits per heavy atom. The molecule has 1 unspecified atom stereocenters. The smallest absolute Gasteiger partial charge is 0.311 e. The molecule has 6 nitrogen and oxygen atoms in total. The van der Waals surface area contributed by atoms with Gasteiger partial charge in [-0.15, -0.1) is 0 Å². The van der Waals surface area contributed by atoms with Gasteiger partial charge >= 0.3 is 5.97 Å². The van der Waals surface area contributed by atoms with Crippen LogP contribution in [0.4, 0.5) is 5.69 Å². The number of anilines is 1. The molecule has 21 heavy (non-hydrogen) atoms. The van der Waals surface area contributed by atoms with E-state index in [4.69, 9.17) is 4.74 Å². The van der Waals surface area contributed by atoms with Crippen molar-refractivity contribution in [2.75, 3.05) is 29.8 Å². The third kappa shape index (κ3) is 3.36. The Morgan fingerprint density at radius 3 is 2.81 bits per heavy atom. The standard InChI is InChI=1S/C14H19NO5S/c1-2-20-9-10-21(18,19)15-8-7-12(14(16)17)11-5-3-4-6-13(11)15/h3-6,12H,2,7-10H2,1H3,(H,16,17). The van der Waals surface area contributed by atoms with Crippen LogP contribution >= 0.6 is 0 Å². The molecule has 7 heteroatoms. The number of carbonyl (C=O) groups is 1. The highest BCUT2D eigenvalue weighted by molar-refractivity contribution is 7.92. The second kappa shape index (κ2) is 6.44. The summed E-state index contributed by atoms with van der Waals surface area (Å²) in [5.41, 5.74) is 1.02. The molecule has 0 radical (unpaired) electrons. The molecule has 2 rings (SSSR count). The lowest BCUT2D eigenvalue weighted by atomic mass is 9.91. The van der Waals surface area contributed by atoms with Crippen LogP contribution in [0, 0.1) is 0 Å². The van der Waals surface area contributed by atoms with Crippen LogP contribution in [0.5, 0.6) is 0 Å². The molecule has 0 fully saturated rings. The second-order valence-corrected chi connectivity index (χ2v) is 6.84. The van der Waals surface area contributed by atoms with Crippen LogP contribution in [-0.4, -0.2) is 45.0 Å². The number of fused-ring (bicyclic) bond motifs is 1. The molecule has 0 aliphatic carbocycles. The van der Waals surface area contributed by atoms with Crippen molar-refractivity contribution in [1.29, 1.82) is 0 Å². The van der Waals surface area contributed by atoms with Gasteiger partial charge in [-0.05, 0) is 25.0 Å². The van der Waals surface area contributed by atoms with Gasteiger partial charge in [-0.2, -0.15) is 0 Å². The van der Waals surface area contributed by atoms with Crippen LogP contribution in [0.3, 0.4) is 0 Å². The fourth-order valence-electron chi connectivity index (χ4n) is 2.50. The molecule has 1 aliphatic heterocycles. The summed E-state index contributed by atoms with van der Waals surface area (Å²) in [6.07, 6.45) is 0.278. The fourth-order valence-corrected chi connectivity index (χ4v) is 3.89. The molecule has 1 aromatic carbocycles. The summed E-state index contributed by atoms with van der Waals surface area (Å²) in [4.78, 5) is 11.3. The van der Waals surface area contributed by atoms with Gasteiger partial charge in [-0.25, -0.2) is 8.42 Å². The van der Waals surface area contributed by atoms with Gasteiger partial charge in [0.05, 0.1) is 24.0 Å². The summed E-state index contributed by atoms with van der Waals surface area (Å²) in [6.45, 7) is 2.59. The number of carboxylic acids is 1. The van der Waals surface area contributed by atoms with Gasteiger partial charge in [0.15, 0.2) is 0 Å². The number of nitrogens with zero attached hydrogens (tertiary/aromatic N) is 1. The van der Waals surface area contributed by atoms with Crippen LogP contribution in [0.2, 0.25) is 0 Å². The van der Waals surface area contributed by atoms with E-state index < -0.39 is 21.9 Å². The van der Waals surface area contributed by atoms with Crippen molar-refractivity contribution < 1.29 is 23.1 Å². The third-order valence-corrected chi connectivity index (χ3v) is 5.26. The van der Waals surface area contributed by atoms with E-state index in [2.05, 4.69) is 0 Å². The van der Waals surface area contributed by atoms with E-state index in [1.165, 1.54) is 4.31 Å². The Labute approximate surface area is 124 Å². The lowest BCUT2D eigenvalue weighted by molar-refractivity contribution is -0.139. The molecular formula is C14H19NO5S. The molecule has 1 aliphatic rings. The summed E-state index contributed by atoms with van der Waals surface area (Å²) < 4.78 is 31.2. The lowest BCUT2D eigenvalue weighted by Crippen LogP contribution is -2.40. The molecule has 0 amide bonds. The number of rotatable bonds is 6. The summed E-state index contributed by atoms with van der Waals surface area (Å²) in [5, 5.41) is 9.26. The minimum Gasteiger partial charge on any atom is -0.481 e. The molecule has 0 saturated heterocycles. The van der Waals surface area contributed by atoms with E-state index in [0.29, 0.717) is 17.9 Å². The second-order valence-electron chi connectivity index (χ2n) is 4.82. The predicted molar refractivity (Wildman–Crippen MR) is 79.1 cm³/mol. The zero-order valence-electron chi connectivity index (χ0n) is 11.9. The number of hydrogen-bond donors (Lipinski definition) is 1. The van der Waals surface area contributed by atoms with Gasteiger partial charge < -0.3 is 9.84 Å². The zero-order valence-corrected chi connectivity index (χ0v) is 12.7. The van der Waals surface area contributed by atoms with Gasteiger partial charge in [0.25, 0.3) is 0 Å². The normalized spacial score (nSPS) is 18.3. The first-order chi connectivity index (χ1) is 9.97. The lowest BCUT2D eigenvalue weighted by Gasteiger charge is -2.33. The van der Waals surface area contributed by atoms with E-state index in [-0.39, 0.29) is 25.3 Å². The summed E-state index contributed by atoms with van der Waals surface area (Å²) in [5.74, 6) is -1.68. The van der Waals surface area contributed by atoms with Crippen molar-refractivity contribution in [2.45, 2.75) is 19.3 Å². The quantitative estimate of drug-likeness (QED) is 0.803. The maximum atomic E-state index is 12.4. The highest BCUT2D eigenvalue weighted by atomic mass is 32.2. The monoisotopic (exact) mass is 313 g/mol. The molecule has 1 aromatic rings. The molecule has 1 atom stereocenters. The molecule has 0 aromatic heterocycles. The Bertz CT molecular complexity index is 614. The van der Waals surface area contributed by atoms with Crippen LogP contribution in [0.1, 0.15) is 24.8 Å². The van der Waals surface area contributed by atoms with Crippen molar-refractivity contribution in [2.24, 2.45) is 0 Å². The van der Waals surface area contributed by atoms with Gasteiger partial charge in [0, 0.05) is 13.2 Å². The number of carboxylic acid groups (broad SMARTS) is 1. The number of sulfonamides is 1. The van der Waals surface area contributed by atoms with E-state index in [1.807, 2.05) is 0 Å². The van der Waals surface area contributed by atoms with Crippen LogP contribution in [-0.2, 0) is 19.6 Å². The highest BCUT2D eigenvalue weighted by Gasteiger charge is 2.34. The average molecular weight is 313 g/mol. The number of aliphatic carboxylic acids is 1. The van der Waals surface area contributed by atoms with Crippen molar-refractivity contribution in [3.05, 3.63) is 29.8 Å². The predicted octanol–water partition coefficient (Wildman–Crippen LogP) is 1.43. The Hall–Kier alpha value is -1.60. The summed E-state index contributed by atoms with van der Waals surface area (Å²) >= 11 is 0. The minimum absolute atomic E-state index is 0.104. The number of ether oxygens (including phenoxy) is 1. The maximum Gasteiger partial charge on any atom is 0.311 e. The largest absolute Gasteiger partial charge is 0.481 e. The van der Waals surface area contributed by atoms with E-state index in [9.17, 15) is 18.3 Å². The first-order valence-electron chi connectivity index (χ1n) is 6.87. The summed E-state index contributed by atoms with van der Waals surface area (Å²) in [7, 11) is -3.50. The topological polar surface area (TPSA) is 83.9 Å². The average Bonchev–Trinajstić information content (AvgIpc) is 2.46. The third-order valence-electron chi connectivity index (χ3n) is 3.53. The Morgan fingerprint density at radius 1 is 1.43 bits per heavy atom. The number of benzene rings is 1. The molecule has 1 N–H and O–H groups in total. The first kappa shape index (κ1) is 15.8. The number of para-hydroxylation sites is 1. The Kier molecular flexibility index (Phi) is 4.84. The van der Waals surface area contributed by atoms with Crippen molar-refractivity contribution in [1.82, 2.24) is 0 Å². The van der Waals surface area contributed by atoms with E-state index in [0.717, 1.165) is 0 Å². The van der Waals surface area contributed by atoms with Crippen LogP contribution < -0.4 is 4.31 Å². The van der Waals surface area contributed by atoms with E-state index >= 15 is 0 Å². The van der Waals surface area contributed by atoms with Gasteiger partial charge in [-0.1, -0.05) is 18.2 Å². The SMILES string of the molecule is CCOCCS(=O)(=O)N1CCC(C(=O)O)c2ccccc21. The van der Waals surface area contributed by atoms with Crippen molar-refractivity contribution in [3.8, 4) is 0 Å². The van der Waals surface area contributed by atoms with Crippen molar-refractivity contribution in [3.63, 3.8) is 0 Å². The van der Waals surface area contributed by atoms with E-state index in [1.54, 1.807) is 31.2 Å². The Balaban J connectivity index is 2.30. The first-order valence-corrected chi connectivity index (χ1v) is 8.48. The molecule has 0 bridgehead atoms. The molecule has 116 valence electrons. The maximum absolute atomic E-state index is 12.4. The molecule has 0 saturated carbocycles. The van der Waals surface area contributed by atoms with Crippen molar-refractivity contribution >= 4 is 21.7 Å². The van der Waals surface area contributed by atoms with Crippen LogP contribution in [0.15, 0.2) is 24.3 Å². The highest BCUT2D eigenvalue weighted by Crippen LogP contribution is 2.36. The summed E-state index contributed by atoms with van der Waals surface area (Å²) in [6, 6.07) is 6.78. The van der Waals surface area contributed by atoms with Gasteiger partial charge in [0.2, 0.25) is 10.0 Å². The van der Waals surface area contributed by atoms with Gasteiger partial charge in [-0.3, -0.25) is 9.10 Å². The molecular weight excluding hydrogens is 294 g/mol. The van der Waals surface area contributed by atoms with Gasteiger partial charge in [0.1, 0.15) is 0 Å². The zero-order chi connectivity index (χ0) is 15.5. The van der Waals surface area contributed by atoms with Crippen LogP contribution in [0.25, 0.3) is 0 Å². The minimum atomic E-state index is -3.50. The molecule has 1 heterocycles. The molecule has 0 spiro atoms. The number of hydrogen-bond acceptors (Lipinski definition) is 4.